The van der Waals surface area contributed by atoms with Crippen LogP contribution < -0.4 is 10.1 Å². The molecule has 0 aliphatic carbocycles. The van der Waals surface area contributed by atoms with Crippen LogP contribution in [0.1, 0.15) is 45.9 Å². The molecule has 4 rings (SSSR count). The number of aryl methyl sites for hydroxylation is 1. The Balaban J connectivity index is 1.70. The predicted molar refractivity (Wildman–Crippen MR) is 120 cm³/mol. The maximum absolute atomic E-state index is 13.0. The van der Waals surface area contributed by atoms with E-state index in [4.69, 9.17) is 16.0 Å². The van der Waals surface area contributed by atoms with Gasteiger partial charge in [-0.05, 0) is 69.3 Å². The average molecular weight is 475 g/mol. The molecular formula is C24H21ClF2N2O4. The first-order chi connectivity index (χ1) is 15.4. The van der Waals surface area contributed by atoms with E-state index < -0.39 is 17.0 Å². The highest BCUT2D eigenvalue weighted by Crippen LogP contribution is 2.44. The van der Waals surface area contributed by atoms with Gasteiger partial charge in [0, 0.05) is 46.6 Å². The third-order valence-electron chi connectivity index (χ3n) is 5.74. The number of fused-ring (bicyclic) bond motifs is 1. The van der Waals surface area contributed by atoms with E-state index in [9.17, 15) is 18.4 Å². The molecule has 1 N–H and O–H groups in total. The Bertz CT molecular complexity index is 1250. The molecule has 0 unspecified atom stereocenters. The molecule has 0 fully saturated rings. The molecule has 3 aromatic rings. The lowest BCUT2D eigenvalue weighted by atomic mass is 9.87. The van der Waals surface area contributed by atoms with Gasteiger partial charge in [-0.3, -0.25) is 9.59 Å². The van der Waals surface area contributed by atoms with Gasteiger partial charge in [0.25, 0.3) is 11.8 Å². The lowest BCUT2D eigenvalue weighted by molar-refractivity contribution is -0.0964. The summed E-state index contributed by atoms with van der Waals surface area (Å²) in [5.74, 6) is 0.431. The molecule has 0 saturated heterocycles. The van der Waals surface area contributed by atoms with Gasteiger partial charge in [-0.2, -0.15) is 0 Å². The summed E-state index contributed by atoms with van der Waals surface area (Å²) in [6.07, 6.45) is 0. The van der Waals surface area contributed by atoms with Crippen molar-refractivity contribution in [3.63, 3.8) is 0 Å². The quantitative estimate of drug-likeness (QED) is 0.461. The summed E-state index contributed by atoms with van der Waals surface area (Å²) < 4.78 is 35.6. The van der Waals surface area contributed by atoms with Crippen LogP contribution in [0.25, 0.3) is 11.3 Å². The van der Waals surface area contributed by atoms with E-state index in [-0.39, 0.29) is 17.2 Å². The van der Waals surface area contributed by atoms with E-state index in [2.05, 4.69) is 10.1 Å². The van der Waals surface area contributed by atoms with Crippen molar-refractivity contribution in [2.24, 2.45) is 0 Å². The number of ether oxygens (including phenoxy) is 1. The predicted octanol–water partition coefficient (Wildman–Crippen LogP) is 6.00. The molecule has 1 aromatic heterocycles. The molecule has 0 atom stereocenters. The van der Waals surface area contributed by atoms with Crippen LogP contribution in [0.5, 0.6) is 5.75 Å². The summed E-state index contributed by atoms with van der Waals surface area (Å²) in [7, 11) is 1.72. The zero-order valence-electron chi connectivity index (χ0n) is 18.3. The Labute approximate surface area is 194 Å². The van der Waals surface area contributed by atoms with Crippen molar-refractivity contribution >= 4 is 29.1 Å². The first-order valence-corrected chi connectivity index (χ1v) is 10.5. The first-order valence-electron chi connectivity index (χ1n) is 10.1. The molecule has 9 heteroatoms. The second-order valence-electron chi connectivity index (χ2n) is 8.31. The van der Waals surface area contributed by atoms with Crippen LogP contribution in [0.2, 0.25) is 0 Å². The maximum Gasteiger partial charge on any atom is 0.487 e. The van der Waals surface area contributed by atoms with Gasteiger partial charge in [-0.15, -0.1) is 8.78 Å². The van der Waals surface area contributed by atoms with Crippen molar-refractivity contribution in [1.29, 1.82) is 0 Å². The molecule has 0 saturated carbocycles. The van der Waals surface area contributed by atoms with Crippen LogP contribution in [0, 0.1) is 6.92 Å². The summed E-state index contributed by atoms with van der Waals surface area (Å²) in [5, 5.41) is 2.70. The SMILES string of the molecule is Cc1ccc(-c2cc(C(=O)Nc3ccc(OC(F)(F)Cl)cc3)cc3c2C(C)(C)N(C)C3=O)o1. The van der Waals surface area contributed by atoms with Crippen LogP contribution in [0.3, 0.4) is 0 Å². The smallest absolute Gasteiger partial charge is 0.461 e. The van der Waals surface area contributed by atoms with E-state index in [1.54, 1.807) is 30.1 Å². The zero-order valence-corrected chi connectivity index (χ0v) is 19.1. The Morgan fingerprint density at radius 2 is 1.76 bits per heavy atom. The Kier molecular flexibility index (Phi) is 5.44. The fourth-order valence-corrected chi connectivity index (χ4v) is 4.01. The standard InChI is InChI=1S/C24H21ClF2N2O4/c1-13-5-10-19(32-13)17-11-14(12-18-20(17)23(2,3)29(4)22(18)31)21(30)28-15-6-8-16(9-7-15)33-24(25,26)27/h5-12H,1-4H3,(H,28,30). The van der Waals surface area contributed by atoms with Gasteiger partial charge >= 0.3 is 5.57 Å². The van der Waals surface area contributed by atoms with Crippen molar-refractivity contribution in [1.82, 2.24) is 4.90 Å². The number of furan rings is 1. The summed E-state index contributed by atoms with van der Waals surface area (Å²) in [6, 6.07) is 12.2. The summed E-state index contributed by atoms with van der Waals surface area (Å²) in [5.41, 5.74) is -1.96. The van der Waals surface area contributed by atoms with Crippen molar-refractivity contribution in [2.75, 3.05) is 12.4 Å². The normalized spacial score (nSPS) is 14.9. The summed E-state index contributed by atoms with van der Waals surface area (Å²) in [6.45, 7) is 5.68. The molecule has 2 heterocycles. The molecule has 6 nitrogen and oxygen atoms in total. The van der Waals surface area contributed by atoms with Gasteiger partial charge in [-0.25, -0.2) is 0 Å². The van der Waals surface area contributed by atoms with Gasteiger partial charge in [0.2, 0.25) is 0 Å². The Morgan fingerprint density at radius 1 is 1.12 bits per heavy atom. The molecule has 172 valence electrons. The molecular weight excluding hydrogens is 454 g/mol. The Hall–Kier alpha value is -3.39. The van der Waals surface area contributed by atoms with Gasteiger partial charge in [0.05, 0.1) is 5.54 Å². The van der Waals surface area contributed by atoms with E-state index in [0.717, 1.165) is 5.56 Å². The van der Waals surface area contributed by atoms with Crippen molar-refractivity contribution in [3.8, 4) is 17.1 Å². The lowest BCUT2D eigenvalue weighted by Gasteiger charge is -2.29. The highest BCUT2D eigenvalue weighted by Gasteiger charge is 2.43. The van der Waals surface area contributed by atoms with Gasteiger partial charge in [0.15, 0.2) is 0 Å². The van der Waals surface area contributed by atoms with Crippen molar-refractivity contribution in [2.45, 2.75) is 31.9 Å². The monoisotopic (exact) mass is 474 g/mol. The number of halogens is 3. The number of amides is 2. The van der Waals surface area contributed by atoms with Crippen LogP contribution in [0.4, 0.5) is 14.5 Å². The fraction of sp³-hybridized carbons (Fsp3) is 0.250. The maximum atomic E-state index is 13.0. The average Bonchev–Trinajstić information content (AvgIpc) is 3.24. The highest BCUT2D eigenvalue weighted by atomic mass is 35.5. The number of benzene rings is 2. The second-order valence-corrected chi connectivity index (χ2v) is 8.75. The number of anilines is 1. The number of carbonyl (C=O) groups excluding carboxylic acids is 2. The van der Waals surface area contributed by atoms with Gasteiger partial charge in [-0.1, -0.05) is 0 Å². The Morgan fingerprint density at radius 3 is 2.33 bits per heavy atom. The third kappa shape index (κ3) is 4.30. The van der Waals surface area contributed by atoms with E-state index in [0.29, 0.717) is 28.3 Å². The van der Waals surface area contributed by atoms with Crippen molar-refractivity contribution < 1.29 is 27.5 Å². The minimum absolute atomic E-state index is 0.156. The molecule has 1 aliphatic heterocycles. The van der Waals surface area contributed by atoms with Gasteiger partial charge < -0.3 is 19.4 Å². The van der Waals surface area contributed by atoms with Gasteiger partial charge in [0.1, 0.15) is 17.3 Å². The number of rotatable bonds is 5. The first kappa shape index (κ1) is 22.8. The number of nitrogens with one attached hydrogen (secondary N) is 1. The van der Waals surface area contributed by atoms with Crippen LogP contribution in [0.15, 0.2) is 52.9 Å². The van der Waals surface area contributed by atoms with Crippen LogP contribution in [-0.2, 0) is 5.54 Å². The molecule has 2 aromatic carbocycles. The van der Waals surface area contributed by atoms with Crippen molar-refractivity contribution in [3.05, 3.63) is 71.0 Å². The fourth-order valence-electron chi connectivity index (χ4n) is 3.92. The summed E-state index contributed by atoms with van der Waals surface area (Å²) in [4.78, 5) is 27.6. The van der Waals surface area contributed by atoms with E-state index in [1.165, 1.54) is 24.3 Å². The van der Waals surface area contributed by atoms with E-state index >= 15 is 0 Å². The molecule has 33 heavy (non-hydrogen) atoms. The summed E-state index contributed by atoms with van der Waals surface area (Å²) >= 11 is 4.76. The topological polar surface area (TPSA) is 71.8 Å². The van der Waals surface area contributed by atoms with E-state index in [1.807, 2.05) is 26.8 Å². The molecule has 2 amide bonds. The minimum atomic E-state index is -3.83. The number of nitrogens with zero attached hydrogens (tertiary/aromatic N) is 1. The lowest BCUT2D eigenvalue weighted by Crippen LogP contribution is -2.35. The third-order valence-corrected chi connectivity index (χ3v) is 5.81. The zero-order chi connectivity index (χ0) is 24.1. The molecule has 0 radical (unpaired) electrons. The molecule has 0 spiro atoms. The number of alkyl halides is 3. The van der Waals surface area contributed by atoms with Crippen LogP contribution in [-0.4, -0.2) is 29.3 Å². The second kappa shape index (κ2) is 7.88. The highest BCUT2D eigenvalue weighted by molar-refractivity contribution is 6.20. The molecule has 0 bridgehead atoms. The number of hydrogen-bond donors (Lipinski definition) is 1. The minimum Gasteiger partial charge on any atom is -0.461 e. The number of hydrogen-bond acceptors (Lipinski definition) is 4. The molecule has 1 aliphatic rings. The number of carbonyl (C=O) groups is 2. The van der Waals surface area contributed by atoms with Crippen LogP contribution >= 0.6 is 11.6 Å². The largest absolute Gasteiger partial charge is 0.487 e.